The fraction of sp³-hybridized carbons (Fsp3) is 0.118. The van der Waals surface area contributed by atoms with Gasteiger partial charge in [-0.15, -0.1) is 0 Å². The van der Waals surface area contributed by atoms with Crippen molar-refractivity contribution in [1.82, 2.24) is 5.43 Å². The Morgan fingerprint density at radius 3 is 2.38 bits per heavy atom. The Morgan fingerprint density at radius 1 is 1.08 bits per heavy atom. The number of aromatic carboxylic acids is 1. The Morgan fingerprint density at radius 2 is 1.79 bits per heavy atom. The van der Waals surface area contributed by atoms with Crippen LogP contribution in [0.25, 0.3) is 0 Å². The van der Waals surface area contributed by atoms with Gasteiger partial charge in [-0.1, -0.05) is 18.2 Å². The van der Waals surface area contributed by atoms with Crippen molar-refractivity contribution in [2.75, 3.05) is 14.2 Å². The van der Waals surface area contributed by atoms with E-state index in [-0.39, 0.29) is 16.9 Å². The van der Waals surface area contributed by atoms with E-state index < -0.39 is 11.9 Å². The van der Waals surface area contributed by atoms with Crippen molar-refractivity contribution in [2.45, 2.75) is 0 Å². The number of carboxylic acid groups (broad SMARTS) is 1. The number of hydrogen-bond acceptors (Lipinski definition) is 5. The van der Waals surface area contributed by atoms with E-state index in [9.17, 15) is 14.7 Å². The van der Waals surface area contributed by atoms with Gasteiger partial charge in [-0.05, 0) is 24.3 Å². The summed E-state index contributed by atoms with van der Waals surface area (Å²) in [5, 5.41) is 13.2. The van der Waals surface area contributed by atoms with Gasteiger partial charge in [0, 0.05) is 11.1 Å². The Labute approximate surface area is 138 Å². The van der Waals surface area contributed by atoms with Gasteiger partial charge < -0.3 is 14.6 Å². The molecule has 0 atom stereocenters. The Balaban J connectivity index is 2.26. The number of hydrazone groups is 1. The van der Waals surface area contributed by atoms with Crippen LogP contribution >= 0.6 is 0 Å². The third-order valence-corrected chi connectivity index (χ3v) is 3.20. The molecule has 0 aromatic heterocycles. The van der Waals surface area contributed by atoms with Crippen molar-refractivity contribution in [2.24, 2.45) is 5.10 Å². The minimum Gasteiger partial charge on any atom is -0.493 e. The molecule has 1 amide bonds. The number of rotatable bonds is 6. The van der Waals surface area contributed by atoms with Crippen LogP contribution in [0.15, 0.2) is 47.6 Å². The molecule has 0 unspecified atom stereocenters. The van der Waals surface area contributed by atoms with Crippen molar-refractivity contribution >= 4 is 18.1 Å². The topological polar surface area (TPSA) is 97.2 Å². The lowest BCUT2D eigenvalue weighted by atomic mass is 10.1. The monoisotopic (exact) mass is 328 g/mol. The van der Waals surface area contributed by atoms with Gasteiger partial charge in [0.05, 0.1) is 20.4 Å². The summed E-state index contributed by atoms with van der Waals surface area (Å²) in [4.78, 5) is 23.4. The summed E-state index contributed by atoms with van der Waals surface area (Å²) in [5.41, 5.74) is 2.96. The van der Waals surface area contributed by atoms with Crippen LogP contribution in [0.4, 0.5) is 0 Å². The lowest BCUT2D eigenvalue weighted by Crippen LogP contribution is -2.17. The minimum absolute atomic E-state index is 0.0864. The standard InChI is InChI=1S/C17H16N2O5/c1-23-13-9-8-12(14(17(21)22)15(13)24-2)10-18-19-16(20)11-6-4-3-5-7-11/h3-10H,1-2H3,(H,19,20)(H,21,22). The molecule has 124 valence electrons. The van der Waals surface area contributed by atoms with Gasteiger partial charge in [-0.3, -0.25) is 4.79 Å². The van der Waals surface area contributed by atoms with Crippen molar-refractivity contribution in [3.05, 3.63) is 59.2 Å². The van der Waals surface area contributed by atoms with Crippen LogP contribution in [-0.4, -0.2) is 37.4 Å². The van der Waals surface area contributed by atoms with Crippen LogP contribution in [0, 0.1) is 0 Å². The Bertz CT molecular complexity index is 772. The number of carboxylic acids is 1. The molecule has 0 heterocycles. The average Bonchev–Trinajstić information content (AvgIpc) is 2.61. The van der Waals surface area contributed by atoms with Gasteiger partial charge in [0.15, 0.2) is 11.5 Å². The smallest absolute Gasteiger partial charge is 0.340 e. The minimum atomic E-state index is -1.19. The zero-order chi connectivity index (χ0) is 17.5. The van der Waals surface area contributed by atoms with Gasteiger partial charge in [0.2, 0.25) is 0 Å². The molecule has 0 radical (unpaired) electrons. The molecule has 0 bridgehead atoms. The fourth-order valence-corrected chi connectivity index (χ4v) is 2.08. The van der Waals surface area contributed by atoms with E-state index in [0.717, 1.165) is 0 Å². The van der Waals surface area contributed by atoms with Crippen molar-refractivity contribution in [3.8, 4) is 11.5 Å². The van der Waals surface area contributed by atoms with E-state index in [4.69, 9.17) is 9.47 Å². The fourth-order valence-electron chi connectivity index (χ4n) is 2.08. The second-order valence-corrected chi connectivity index (χ2v) is 4.64. The summed E-state index contributed by atoms with van der Waals surface area (Å²) in [7, 11) is 2.76. The summed E-state index contributed by atoms with van der Waals surface area (Å²) in [5.74, 6) is -1.21. The number of hydrogen-bond donors (Lipinski definition) is 2. The SMILES string of the molecule is COc1ccc(C=NNC(=O)c2ccccc2)c(C(=O)O)c1OC. The third kappa shape index (κ3) is 3.70. The molecule has 7 heteroatoms. The molecule has 0 aliphatic heterocycles. The van der Waals surface area contributed by atoms with Crippen molar-refractivity contribution in [3.63, 3.8) is 0 Å². The van der Waals surface area contributed by atoms with Gasteiger partial charge in [0.1, 0.15) is 5.56 Å². The number of nitrogens with one attached hydrogen (secondary N) is 1. The number of ether oxygens (including phenoxy) is 2. The molecule has 0 saturated heterocycles. The maximum Gasteiger partial charge on any atom is 0.340 e. The van der Waals surface area contributed by atoms with Crippen LogP contribution in [-0.2, 0) is 0 Å². The van der Waals surface area contributed by atoms with E-state index in [1.54, 1.807) is 36.4 Å². The first kappa shape index (κ1) is 17.0. The maximum absolute atomic E-state index is 11.9. The Hall–Kier alpha value is -3.35. The Kier molecular flexibility index (Phi) is 5.51. The van der Waals surface area contributed by atoms with Gasteiger partial charge >= 0.3 is 5.97 Å². The van der Waals surface area contributed by atoms with E-state index in [2.05, 4.69) is 10.5 Å². The molecular weight excluding hydrogens is 312 g/mol. The molecule has 0 aliphatic carbocycles. The molecule has 2 aromatic carbocycles. The summed E-state index contributed by atoms with van der Waals surface area (Å²) in [6.07, 6.45) is 1.24. The number of carbonyl (C=O) groups is 2. The summed E-state index contributed by atoms with van der Waals surface area (Å²) < 4.78 is 10.2. The first-order chi connectivity index (χ1) is 11.6. The van der Waals surface area contributed by atoms with Crippen LogP contribution in [0.2, 0.25) is 0 Å². The van der Waals surface area contributed by atoms with Gasteiger partial charge in [-0.2, -0.15) is 5.10 Å². The zero-order valence-corrected chi connectivity index (χ0v) is 13.1. The maximum atomic E-state index is 11.9. The van der Waals surface area contributed by atoms with Crippen LogP contribution < -0.4 is 14.9 Å². The molecule has 2 N–H and O–H groups in total. The molecule has 7 nitrogen and oxygen atoms in total. The quantitative estimate of drug-likeness (QED) is 0.625. The highest BCUT2D eigenvalue weighted by molar-refractivity contribution is 6.02. The van der Waals surface area contributed by atoms with Gasteiger partial charge in [-0.25, -0.2) is 10.2 Å². The summed E-state index contributed by atoms with van der Waals surface area (Å²) in [6.45, 7) is 0. The van der Waals surface area contributed by atoms with Gasteiger partial charge in [0.25, 0.3) is 5.91 Å². The number of carbonyl (C=O) groups excluding carboxylic acids is 1. The van der Waals surface area contributed by atoms with E-state index in [0.29, 0.717) is 11.3 Å². The number of amides is 1. The zero-order valence-electron chi connectivity index (χ0n) is 13.1. The lowest BCUT2D eigenvalue weighted by Gasteiger charge is -2.12. The van der Waals surface area contributed by atoms with Crippen LogP contribution in [0.3, 0.4) is 0 Å². The van der Waals surface area contributed by atoms with E-state index in [1.165, 1.54) is 26.5 Å². The van der Waals surface area contributed by atoms with Crippen LogP contribution in [0.5, 0.6) is 11.5 Å². The molecule has 0 saturated carbocycles. The number of methoxy groups -OCH3 is 2. The first-order valence-corrected chi connectivity index (χ1v) is 6.95. The second kappa shape index (κ2) is 7.77. The normalized spacial score (nSPS) is 10.4. The van der Waals surface area contributed by atoms with Crippen molar-refractivity contribution in [1.29, 1.82) is 0 Å². The van der Waals surface area contributed by atoms with Crippen LogP contribution in [0.1, 0.15) is 26.3 Å². The highest BCUT2D eigenvalue weighted by Crippen LogP contribution is 2.32. The highest BCUT2D eigenvalue weighted by atomic mass is 16.5. The van der Waals surface area contributed by atoms with Crippen molar-refractivity contribution < 1.29 is 24.2 Å². The predicted octanol–water partition coefficient (Wildman–Crippen LogP) is 2.17. The number of benzene rings is 2. The predicted molar refractivity (Wildman–Crippen MR) is 88.0 cm³/mol. The molecule has 0 spiro atoms. The molecular formula is C17H16N2O5. The molecule has 24 heavy (non-hydrogen) atoms. The van der Waals surface area contributed by atoms with E-state index in [1.807, 2.05) is 0 Å². The second-order valence-electron chi connectivity index (χ2n) is 4.64. The summed E-state index contributed by atoms with van der Waals surface area (Å²) in [6, 6.07) is 11.6. The summed E-state index contributed by atoms with van der Waals surface area (Å²) >= 11 is 0. The molecule has 2 rings (SSSR count). The lowest BCUT2D eigenvalue weighted by molar-refractivity contribution is 0.0692. The molecule has 0 fully saturated rings. The largest absolute Gasteiger partial charge is 0.493 e. The average molecular weight is 328 g/mol. The highest BCUT2D eigenvalue weighted by Gasteiger charge is 2.20. The third-order valence-electron chi connectivity index (χ3n) is 3.20. The van der Waals surface area contributed by atoms with E-state index >= 15 is 0 Å². The number of nitrogens with zero attached hydrogens (tertiary/aromatic N) is 1. The molecule has 0 aliphatic rings. The molecule has 2 aromatic rings. The first-order valence-electron chi connectivity index (χ1n) is 6.95.